The van der Waals surface area contributed by atoms with Crippen molar-refractivity contribution in [2.45, 2.75) is 5.37 Å². The van der Waals surface area contributed by atoms with E-state index in [1.54, 1.807) is 28.8 Å². The van der Waals surface area contributed by atoms with Crippen molar-refractivity contribution in [2.75, 3.05) is 10.7 Å². The molecule has 1 aliphatic heterocycles. The van der Waals surface area contributed by atoms with E-state index in [0.29, 0.717) is 28.2 Å². The molecule has 1 amide bonds. The Kier molecular flexibility index (Phi) is 4.45. The highest BCUT2D eigenvalue weighted by Crippen LogP contribution is 2.42. The summed E-state index contributed by atoms with van der Waals surface area (Å²) in [5, 5.41) is 0.371. The Bertz CT molecular complexity index is 1250. The summed E-state index contributed by atoms with van der Waals surface area (Å²) in [6.07, 6.45) is 0. The van der Waals surface area contributed by atoms with E-state index in [0.717, 1.165) is 11.1 Å². The van der Waals surface area contributed by atoms with Crippen molar-refractivity contribution in [3.63, 3.8) is 0 Å². The first-order valence-corrected chi connectivity index (χ1v) is 10.4. The molecule has 4 aromatic rings. The van der Waals surface area contributed by atoms with Crippen LogP contribution in [0.15, 0.2) is 94.1 Å². The molecule has 0 bridgehead atoms. The van der Waals surface area contributed by atoms with E-state index in [2.05, 4.69) is 0 Å². The molecule has 0 spiro atoms. The highest BCUT2D eigenvalue weighted by molar-refractivity contribution is 8.00. The Balaban J connectivity index is 1.58. The van der Waals surface area contributed by atoms with Crippen LogP contribution in [0.5, 0.6) is 0 Å². The molecule has 5 rings (SSSR count). The number of carbonyl (C=O) groups excluding carboxylic acids is 1. The van der Waals surface area contributed by atoms with Crippen molar-refractivity contribution in [2.24, 2.45) is 0 Å². The summed E-state index contributed by atoms with van der Waals surface area (Å²) in [7, 11) is 0. The van der Waals surface area contributed by atoms with Crippen LogP contribution in [0.1, 0.15) is 10.9 Å². The molecule has 1 aromatic heterocycles. The molecule has 0 N–H and O–H groups in total. The summed E-state index contributed by atoms with van der Waals surface area (Å²) in [5.74, 6) is 0.985. The fraction of sp³-hybridized carbons (Fsp3) is 0.0833. The van der Waals surface area contributed by atoms with Crippen LogP contribution in [0, 0.1) is 0 Å². The average molecular weight is 399 g/mol. The lowest BCUT2D eigenvalue weighted by Gasteiger charge is -2.24. The first-order chi connectivity index (χ1) is 14.2. The maximum absolute atomic E-state index is 12.8. The highest BCUT2D eigenvalue weighted by atomic mass is 32.2. The van der Waals surface area contributed by atoms with Crippen LogP contribution in [0.25, 0.3) is 22.3 Å². The van der Waals surface area contributed by atoms with E-state index in [1.807, 2.05) is 66.7 Å². The minimum atomic E-state index is -0.123. The predicted molar refractivity (Wildman–Crippen MR) is 117 cm³/mol. The van der Waals surface area contributed by atoms with Crippen molar-refractivity contribution >= 4 is 34.3 Å². The van der Waals surface area contributed by atoms with Gasteiger partial charge in [0.1, 0.15) is 16.7 Å². The molecule has 2 heterocycles. The standard InChI is InChI=1S/C24H17NO3S/c26-20-14-22(16-7-3-1-4-8-16)28-21-12-11-18(13-19(20)21)25-23(27)15-29-24(25)17-9-5-2-6-10-17/h1-14,24H,15H2. The predicted octanol–water partition coefficient (Wildman–Crippen LogP) is 5.24. The molecule has 0 saturated carbocycles. The molecule has 0 aliphatic carbocycles. The molecule has 0 radical (unpaired) electrons. The zero-order valence-electron chi connectivity index (χ0n) is 15.4. The van der Waals surface area contributed by atoms with Crippen molar-refractivity contribution in [3.05, 3.63) is 101 Å². The van der Waals surface area contributed by atoms with Gasteiger partial charge in [-0.05, 0) is 23.8 Å². The lowest BCUT2D eigenvalue weighted by molar-refractivity contribution is -0.115. The van der Waals surface area contributed by atoms with Crippen LogP contribution in [-0.4, -0.2) is 11.7 Å². The Morgan fingerprint density at radius 2 is 1.59 bits per heavy atom. The molecule has 4 nitrogen and oxygen atoms in total. The van der Waals surface area contributed by atoms with Gasteiger partial charge in [0.05, 0.1) is 11.1 Å². The number of amides is 1. The molecule has 1 aliphatic rings. The van der Waals surface area contributed by atoms with Gasteiger partial charge >= 0.3 is 0 Å². The lowest BCUT2D eigenvalue weighted by Crippen LogP contribution is -2.27. The fourth-order valence-electron chi connectivity index (χ4n) is 3.61. The fourth-order valence-corrected chi connectivity index (χ4v) is 4.78. The van der Waals surface area contributed by atoms with Gasteiger partial charge in [0, 0.05) is 17.3 Å². The summed E-state index contributed by atoms with van der Waals surface area (Å²) in [6.45, 7) is 0. The van der Waals surface area contributed by atoms with Crippen molar-refractivity contribution in [1.29, 1.82) is 0 Å². The third kappa shape index (κ3) is 3.23. The Morgan fingerprint density at radius 1 is 0.862 bits per heavy atom. The molecule has 142 valence electrons. The average Bonchev–Trinajstić information content (AvgIpc) is 3.16. The highest BCUT2D eigenvalue weighted by Gasteiger charge is 2.34. The largest absolute Gasteiger partial charge is 0.456 e. The van der Waals surface area contributed by atoms with Gasteiger partial charge in [0.2, 0.25) is 5.91 Å². The molecule has 1 fully saturated rings. The number of benzene rings is 3. The van der Waals surface area contributed by atoms with E-state index in [4.69, 9.17) is 4.42 Å². The maximum Gasteiger partial charge on any atom is 0.238 e. The Morgan fingerprint density at radius 3 is 2.34 bits per heavy atom. The number of thioether (sulfide) groups is 1. The van der Waals surface area contributed by atoms with Gasteiger partial charge in [-0.3, -0.25) is 14.5 Å². The monoisotopic (exact) mass is 399 g/mol. The molecule has 5 heteroatoms. The van der Waals surface area contributed by atoms with E-state index >= 15 is 0 Å². The molecular formula is C24H17NO3S. The zero-order chi connectivity index (χ0) is 19.8. The van der Waals surface area contributed by atoms with Gasteiger partial charge < -0.3 is 4.42 Å². The van der Waals surface area contributed by atoms with Crippen molar-refractivity contribution in [1.82, 2.24) is 0 Å². The van der Waals surface area contributed by atoms with Crippen LogP contribution < -0.4 is 10.3 Å². The Hall–Kier alpha value is -3.31. The van der Waals surface area contributed by atoms with Crippen LogP contribution in [0.4, 0.5) is 5.69 Å². The number of nitrogens with zero attached hydrogens (tertiary/aromatic N) is 1. The molecular weight excluding hydrogens is 382 g/mol. The first-order valence-electron chi connectivity index (χ1n) is 9.33. The maximum atomic E-state index is 12.8. The van der Waals surface area contributed by atoms with Crippen molar-refractivity contribution in [3.8, 4) is 11.3 Å². The van der Waals surface area contributed by atoms with Crippen molar-refractivity contribution < 1.29 is 9.21 Å². The minimum absolute atomic E-state index is 0.0356. The molecule has 1 saturated heterocycles. The summed E-state index contributed by atoms with van der Waals surface area (Å²) >= 11 is 1.59. The van der Waals surface area contributed by atoms with Gasteiger partial charge in [0.15, 0.2) is 5.43 Å². The number of hydrogen-bond acceptors (Lipinski definition) is 4. The third-order valence-corrected chi connectivity index (χ3v) is 6.21. The first kappa shape index (κ1) is 17.8. The van der Waals surface area contributed by atoms with Gasteiger partial charge in [-0.1, -0.05) is 60.7 Å². The second-order valence-corrected chi connectivity index (χ2v) is 7.93. The van der Waals surface area contributed by atoms with Crippen LogP contribution >= 0.6 is 11.8 Å². The lowest BCUT2D eigenvalue weighted by atomic mass is 10.1. The quantitative estimate of drug-likeness (QED) is 0.473. The zero-order valence-corrected chi connectivity index (χ0v) is 16.3. The normalized spacial score (nSPS) is 16.5. The number of anilines is 1. The minimum Gasteiger partial charge on any atom is -0.456 e. The topological polar surface area (TPSA) is 50.5 Å². The van der Waals surface area contributed by atoms with Crippen LogP contribution in [0.2, 0.25) is 0 Å². The number of fused-ring (bicyclic) bond motifs is 1. The van der Waals surface area contributed by atoms with Gasteiger partial charge in [-0.15, -0.1) is 11.8 Å². The SMILES string of the molecule is O=C1CSC(c2ccccc2)N1c1ccc2oc(-c3ccccc3)cc(=O)c2c1. The Labute approximate surface area is 171 Å². The van der Waals surface area contributed by atoms with E-state index < -0.39 is 0 Å². The van der Waals surface area contributed by atoms with E-state index in [1.165, 1.54) is 6.07 Å². The second kappa shape index (κ2) is 7.26. The second-order valence-electron chi connectivity index (χ2n) is 6.86. The molecule has 3 aromatic carbocycles. The number of hydrogen-bond donors (Lipinski definition) is 0. The molecule has 1 atom stereocenters. The van der Waals surface area contributed by atoms with Crippen LogP contribution in [-0.2, 0) is 4.79 Å². The molecule has 29 heavy (non-hydrogen) atoms. The summed E-state index contributed by atoms with van der Waals surface area (Å²) in [6, 6.07) is 26.4. The summed E-state index contributed by atoms with van der Waals surface area (Å²) in [5.41, 5.74) is 3.01. The van der Waals surface area contributed by atoms with Gasteiger partial charge in [0.25, 0.3) is 0 Å². The summed E-state index contributed by atoms with van der Waals surface area (Å²) < 4.78 is 5.98. The number of rotatable bonds is 3. The third-order valence-electron chi connectivity index (χ3n) is 5.00. The number of carbonyl (C=O) groups is 1. The smallest absolute Gasteiger partial charge is 0.238 e. The van der Waals surface area contributed by atoms with Gasteiger partial charge in [-0.2, -0.15) is 0 Å². The summed E-state index contributed by atoms with van der Waals surface area (Å²) in [4.78, 5) is 27.2. The van der Waals surface area contributed by atoms with Gasteiger partial charge in [-0.25, -0.2) is 0 Å². The van der Waals surface area contributed by atoms with E-state index in [9.17, 15) is 9.59 Å². The van der Waals surface area contributed by atoms with E-state index in [-0.39, 0.29) is 16.7 Å². The van der Waals surface area contributed by atoms with Crippen LogP contribution in [0.3, 0.4) is 0 Å². The molecule has 1 unspecified atom stereocenters.